The van der Waals surface area contributed by atoms with Crippen molar-refractivity contribution in [2.75, 3.05) is 20.3 Å². The lowest BCUT2D eigenvalue weighted by molar-refractivity contribution is -0.155. The highest BCUT2D eigenvalue weighted by molar-refractivity contribution is 6.21. The second kappa shape index (κ2) is 14.5. The van der Waals surface area contributed by atoms with Crippen molar-refractivity contribution in [1.29, 1.82) is 0 Å². The standard InChI is InChI=1S/C22H28O4.C3H5NO3/c1-5-22(3,4)21(23)26-16-18-11-9-10-17(2)20(18)25-15-14-24-19-12-7-6-8-13-19;1-7-4-2-3(5)6/h6-13H,5,14-16H2,1-4H3;2H,1H3,(H,5,6)/b;4-2-. The van der Waals surface area contributed by atoms with E-state index in [2.05, 4.69) is 9.99 Å². The lowest BCUT2D eigenvalue weighted by Gasteiger charge is -2.21. The molecule has 33 heavy (non-hydrogen) atoms. The fourth-order valence-electron chi connectivity index (χ4n) is 2.43. The molecule has 0 amide bonds. The number of aryl methyl sites for hydroxylation is 1. The molecule has 0 bridgehead atoms. The Hall–Kier alpha value is -3.55. The van der Waals surface area contributed by atoms with Crippen molar-refractivity contribution in [2.45, 2.75) is 40.7 Å². The van der Waals surface area contributed by atoms with Gasteiger partial charge in [0.2, 0.25) is 0 Å². The summed E-state index contributed by atoms with van der Waals surface area (Å²) in [6, 6.07) is 15.5. The van der Waals surface area contributed by atoms with Crippen molar-refractivity contribution in [3.8, 4) is 11.5 Å². The van der Waals surface area contributed by atoms with E-state index in [9.17, 15) is 9.59 Å². The molecule has 0 unspecified atom stereocenters. The summed E-state index contributed by atoms with van der Waals surface area (Å²) in [5.74, 6) is 0.268. The van der Waals surface area contributed by atoms with Crippen LogP contribution in [0.4, 0.5) is 0 Å². The van der Waals surface area contributed by atoms with Gasteiger partial charge in [-0.25, -0.2) is 4.79 Å². The quantitative estimate of drug-likeness (QED) is 0.226. The van der Waals surface area contributed by atoms with Gasteiger partial charge >= 0.3 is 11.9 Å². The molecule has 0 saturated heterocycles. The van der Waals surface area contributed by atoms with E-state index in [4.69, 9.17) is 19.3 Å². The number of hydrogen-bond donors (Lipinski definition) is 1. The van der Waals surface area contributed by atoms with Gasteiger partial charge in [0.25, 0.3) is 0 Å². The largest absolute Gasteiger partial charge is 0.490 e. The van der Waals surface area contributed by atoms with Crippen LogP contribution in [-0.4, -0.2) is 43.6 Å². The highest BCUT2D eigenvalue weighted by atomic mass is 16.6. The summed E-state index contributed by atoms with van der Waals surface area (Å²) in [5.41, 5.74) is 1.40. The van der Waals surface area contributed by atoms with Gasteiger partial charge in [0, 0.05) is 5.56 Å². The Kier molecular flexibility index (Phi) is 12.1. The molecule has 2 aromatic carbocycles. The summed E-state index contributed by atoms with van der Waals surface area (Å²) in [6.07, 6.45) is 1.40. The van der Waals surface area contributed by atoms with Crippen LogP contribution in [0.2, 0.25) is 0 Å². The third kappa shape index (κ3) is 10.5. The smallest absolute Gasteiger partial charge is 0.350 e. The summed E-state index contributed by atoms with van der Waals surface area (Å²) >= 11 is 0. The first-order chi connectivity index (χ1) is 15.7. The molecule has 0 aliphatic rings. The van der Waals surface area contributed by atoms with Gasteiger partial charge in [0.05, 0.1) is 5.41 Å². The van der Waals surface area contributed by atoms with Gasteiger partial charge in [0.1, 0.15) is 38.4 Å². The number of carboxylic acid groups (broad SMARTS) is 1. The number of carbonyl (C=O) groups is 2. The van der Waals surface area contributed by atoms with E-state index in [1.54, 1.807) is 0 Å². The van der Waals surface area contributed by atoms with Gasteiger partial charge in [-0.15, -0.1) is 0 Å². The molecule has 0 heterocycles. The van der Waals surface area contributed by atoms with Crippen LogP contribution in [0.15, 0.2) is 53.7 Å². The zero-order valence-electron chi connectivity index (χ0n) is 19.9. The van der Waals surface area contributed by atoms with Gasteiger partial charge in [0.15, 0.2) is 6.21 Å². The normalized spacial score (nSPS) is 10.7. The van der Waals surface area contributed by atoms with E-state index in [1.807, 2.05) is 76.2 Å². The Morgan fingerprint density at radius 2 is 1.70 bits per heavy atom. The molecule has 180 valence electrons. The van der Waals surface area contributed by atoms with E-state index in [1.165, 1.54) is 7.11 Å². The molecule has 0 saturated carbocycles. The number of carboxylic acids is 1. The van der Waals surface area contributed by atoms with E-state index >= 15 is 0 Å². The minimum absolute atomic E-state index is 0.195. The molecule has 0 aliphatic heterocycles. The third-order valence-electron chi connectivity index (χ3n) is 4.70. The second-order valence-electron chi connectivity index (χ2n) is 7.64. The number of esters is 1. The lowest BCUT2D eigenvalue weighted by Crippen LogP contribution is -2.25. The lowest BCUT2D eigenvalue weighted by atomic mass is 9.91. The average Bonchev–Trinajstić information content (AvgIpc) is 2.81. The first kappa shape index (κ1) is 27.5. The van der Waals surface area contributed by atoms with Crippen molar-refractivity contribution >= 4 is 18.2 Å². The number of nitrogens with zero attached hydrogens (tertiary/aromatic N) is 1. The number of hydrogen-bond acceptors (Lipinski definition) is 7. The zero-order valence-corrected chi connectivity index (χ0v) is 19.9. The van der Waals surface area contributed by atoms with Crippen molar-refractivity contribution < 1.29 is 33.7 Å². The third-order valence-corrected chi connectivity index (χ3v) is 4.70. The fraction of sp³-hybridized carbons (Fsp3) is 0.400. The van der Waals surface area contributed by atoms with E-state index in [0.717, 1.165) is 29.0 Å². The minimum Gasteiger partial charge on any atom is -0.490 e. The SMILES string of the molecule is CCC(C)(C)C(=O)OCc1cccc(C)c1OCCOc1ccccc1.CO/N=C\C(=O)O. The molecule has 0 spiro atoms. The van der Waals surface area contributed by atoms with Gasteiger partial charge in [-0.05, 0) is 44.9 Å². The zero-order chi connectivity index (χ0) is 24.7. The van der Waals surface area contributed by atoms with Gasteiger partial charge in [-0.2, -0.15) is 0 Å². The predicted octanol–water partition coefficient (Wildman–Crippen LogP) is 4.64. The Labute approximate surface area is 195 Å². The molecule has 0 radical (unpaired) electrons. The molecule has 2 rings (SSSR count). The molecule has 2 aromatic rings. The maximum atomic E-state index is 12.2. The van der Waals surface area contributed by atoms with Crippen LogP contribution in [0.3, 0.4) is 0 Å². The predicted molar refractivity (Wildman–Crippen MR) is 126 cm³/mol. The summed E-state index contributed by atoms with van der Waals surface area (Å²) in [5, 5.41) is 10.8. The number of benzene rings is 2. The maximum absolute atomic E-state index is 12.2. The molecule has 8 heteroatoms. The number of carbonyl (C=O) groups excluding carboxylic acids is 1. The molecular formula is C25H33NO7. The van der Waals surface area contributed by atoms with Crippen LogP contribution < -0.4 is 9.47 Å². The summed E-state index contributed by atoms with van der Waals surface area (Å²) in [4.78, 5) is 25.8. The van der Waals surface area contributed by atoms with Gasteiger partial charge < -0.3 is 24.2 Å². The summed E-state index contributed by atoms with van der Waals surface area (Å²) in [7, 11) is 1.28. The molecule has 8 nitrogen and oxygen atoms in total. The van der Waals surface area contributed by atoms with Crippen LogP contribution >= 0.6 is 0 Å². The second-order valence-corrected chi connectivity index (χ2v) is 7.64. The monoisotopic (exact) mass is 459 g/mol. The van der Waals surface area contributed by atoms with E-state index in [-0.39, 0.29) is 12.6 Å². The molecular weight excluding hydrogens is 426 g/mol. The van der Waals surface area contributed by atoms with Crippen LogP contribution in [0.25, 0.3) is 0 Å². The van der Waals surface area contributed by atoms with Gasteiger partial charge in [-0.3, -0.25) is 4.79 Å². The average molecular weight is 460 g/mol. The first-order valence-corrected chi connectivity index (χ1v) is 10.6. The molecule has 1 N–H and O–H groups in total. The van der Waals surface area contributed by atoms with Gasteiger partial charge in [-0.1, -0.05) is 48.5 Å². The number of ether oxygens (including phenoxy) is 3. The summed E-state index contributed by atoms with van der Waals surface area (Å²) < 4.78 is 17.1. The molecule has 0 atom stereocenters. The Morgan fingerprint density at radius 1 is 1.03 bits per heavy atom. The number of oxime groups is 1. The van der Waals surface area contributed by atoms with Crippen LogP contribution in [0, 0.1) is 12.3 Å². The van der Waals surface area contributed by atoms with Crippen LogP contribution in [-0.2, 0) is 25.8 Å². The number of aliphatic carboxylic acids is 1. The highest BCUT2D eigenvalue weighted by Crippen LogP contribution is 2.27. The Morgan fingerprint density at radius 3 is 2.27 bits per heavy atom. The molecule has 0 fully saturated rings. The summed E-state index contributed by atoms with van der Waals surface area (Å²) in [6.45, 7) is 8.82. The van der Waals surface area contributed by atoms with Crippen molar-refractivity contribution in [3.63, 3.8) is 0 Å². The van der Waals surface area contributed by atoms with Crippen molar-refractivity contribution in [1.82, 2.24) is 0 Å². The first-order valence-electron chi connectivity index (χ1n) is 10.6. The van der Waals surface area contributed by atoms with Crippen LogP contribution in [0.1, 0.15) is 38.3 Å². The Balaban J connectivity index is 0.000000675. The molecule has 0 aromatic heterocycles. The number of para-hydroxylation sites is 2. The van der Waals surface area contributed by atoms with E-state index < -0.39 is 11.4 Å². The van der Waals surface area contributed by atoms with E-state index in [0.29, 0.717) is 19.4 Å². The molecule has 0 aliphatic carbocycles. The Bertz CT molecular complexity index is 895. The fourth-order valence-corrected chi connectivity index (χ4v) is 2.43. The highest BCUT2D eigenvalue weighted by Gasteiger charge is 2.27. The topological polar surface area (TPSA) is 104 Å². The van der Waals surface area contributed by atoms with Crippen molar-refractivity contribution in [3.05, 3.63) is 59.7 Å². The van der Waals surface area contributed by atoms with Crippen LogP contribution in [0.5, 0.6) is 11.5 Å². The minimum atomic E-state index is -1.11. The number of rotatable bonds is 11. The maximum Gasteiger partial charge on any atom is 0.350 e. The van der Waals surface area contributed by atoms with Crippen molar-refractivity contribution in [2.24, 2.45) is 10.6 Å².